The monoisotopic (exact) mass is 480 g/mol. The fourth-order valence-electron chi connectivity index (χ4n) is 2.90. The third kappa shape index (κ3) is 5.96. The maximum atomic E-state index is 12.4. The Bertz CT molecular complexity index is 1210. The second-order valence-corrected chi connectivity index (χ2v) is 7.21. The van der Waals surface area contributed by atoms with Crippen LogP contribution in [0.4, 0.5) is 0 Å². The summed E-state index contributed by atoms with van der Waals surface area (Å²) in [6, 6.07) is 12.0. The summed E-state index contributed by atoms with van der Waals surface area (Å²) in [6.45, 7) is 3.33. The van der Waals surface area contributed by atoms with E-state index >= 15 is 0 Å². The van der Waals surface area contributed by atoms with Gasteiger partial charge in [0, 0.05) is 11.1 Å². The fourth-order valence-corrected chi connectivity index (χ4v) is 2.90. The van der Waals surface area contributed by atoms with Crippen molar-refractivity contribution in [3.05, 3.63) is 71.2 Å². The molecule has 0 spiro atoms. The van der Waals surface area contributed by atoms with E-state index in [1.54, 1.807) is 38.1 Å². The molecule has 0 radical (unpaired) electrons. The van der Waals surface area contributed by atoms with Gasteiger partial charge < -0.3 is 24.1 Å². The van der Waals surface area contributed by atoms with Crippen LogP contribution in [-0.4, -0.2) is 47.7 Å². The Labute approximate surface area is 200 Å². The number of nitrogens with zero attached hydrogens (tertiary/aromatic N) is 2. The molecule has 11 heteroatoms. The van der Waals surface area contributed by atoms with Crippen molar-refractivity contribution in [2.75, 3.05) is 14.2 Å². The van der Waals surface area contributed by atoms with Crippen LogP contribution in [0.2, 0.25) is 0 Å². The molecule has 3 aromatic rings. The van der Waals surface area contributed by atoms with E-state index in [4.69, 9.17) is 13.9 Å². The molecule has 0 aliphatic rings. The maximum absolute atomic E-state index is 12.4. The predicted octanol–water partition coefficient (Wildman–Crippen LogP) is 3.02. The van der Waals surface area contributed by atoms with Crippen LogP contribution in [0.3, 0.4) is 0 Å². The minimum absolute atomic E-state index is 0.0169. The summed E-state index contributed by atoms with van der Waals surface area (Å²) >= 11 is 0. The summed E-state index contributed by atoms with van der Waals surface area (Å²) in [4.78, 5) is 24.7. The number of benzene rings is 2. The lowest BCUT2D eigenvalue weighted by Gasteiger charge is -2.06. The summed E-state index contributed by atoms with van der Waals surface area (Å²) in [5, 5.41) is 27.4. The second-order valence-electron chi connectivity index (χ2n) is 7.21. The highest BCUT2D eigenvalue weighted by Gasteiger charge is 2.16. The van der Waals surface area contributed by atoms with Gasteiger partial charge in [0.25, 0.3) is 0 Å². The molecule has 0 saturated carbocycles. The molecule has 2 amide bonds. The number of phenolic OH excluding ortho intramolecular Hbond substituents is 2. The zero-order valence-electron chi connectivity index (χ0n) is 19.4. The van der Waals surface area contributed by atoms with Gasteiger partial charge in [-0.25, -0.2) is 10.9 Å². The van der Waals surface area contributed by atoms with Crippen molar-refractivity contribution >= 4 is 23.2 Å². The zero-order chi connectivity index (χ0) is 25.5. The molecule has 4 N–H and O–H groups in total. The Morgan fingerprint density at radius 2 is 1.14 bits per heavy atom. The minimum atomic E-state index is -0.662. The van der Waals surface area contributed by atoms with Crippen LogP contribution in [-0.2, 0) is 0 Å². The summed E-state index contributed by atoms with van der Waals surface area (Å²) < 4.78 is 15.4. The van der Waals surface area contributed by atoms with E-state index in [1.807, 2.05) is 0 Å². The lowest BCUT2D eigenvalue weighted by Crippen LogP contribution is -2.20. The number of ether oxygens (including phenoxy) is 2. The third-order valence-corrected chi connectivity index (χ3v) is 4.90. The van der Waals surface area contributed by atoms with Gasteiger partial charge in [-0.3, -0.25) is 9.59 Å². The number of rotatable bonds is 8. The number of methoxy groups -OCH3 is 2. The molecule has 1 heterocycles. The zero-order valence-corrected chi connectivity index (χ0v) is 19.4. The van der Waals surface area contributed by atoms with Crippen molar-refractivity contribution in [2.24, 2.45) is 10.2 Å². The summed E-state index contributed by atoms with van der Waals surface area (Å²) in [5.74, 6) is -1.07. The van der Waals surface area contributed by atoms with Gasteiger partial charge in [0.2, 0.25) is 0 Å². The molecule has 0 atom stereocenters. The van der Waals surface area contributed by atoms with Gasteiger partial charge in [-0.2, -0.15) is 10.2 Å². The lowest BCUT2D eigenvalue weighted by atomic mass is 10.1. The van der Waals surface area contributed by atoms with Gasteiger partial charge in [-0.1, -0.05) is 0 Å². The van der Waals surface area contributed by atoms with E-state index in [0.29, 0.717) is 22.6 Å². The number of carbonyl (C=O) groups excluding carboxylic acids is 2. The second kappa shape index (κ2) is 10.9. The topological polar surface area (TPSA) is 155 Å². The van der Waals surface area contributed by atoms with E-state index in [1.165, 1.54) is 38.5 Å². The van der Waals surface area contributed by atoms with Crippen molar-refractivity contribution in [1.82, 2.24) is 10.9 Å². The Morgan fingerprint density at radius 1 is 0.743 bits per heavy atom. The first-order valence-electron chi connectivity index (χ1n) is 10.3. The third-order valence-electron chi connectivity index (χ3n) is 4.90. The molecular weight excluding hydrogens is 456 g/mol. The number of phenols is 2. The summed E-state index contributed by atoms with van der Waals surface area (Å²) in [5.41, 5.74) is 6.86. The van der Waals surface area contributed by atoms with Crippen molar-refractivity contribution < 1.29 is 33.7 Å². The molecule has 0 saturated heterocycles. The number of furan rings is 1. The molecular formula is C24H24N4O7. The maximum Gasteiger partial charge on any atom is 0.307 e. The van der Waals surface area contributed by atoms with Crippen LogP contribution in [0, 0.1) is 0 Å². The van der Waals surface area contributed by atoms with Gasteiger partial charge >= 0.3 is 11.8 Å². The first-order chi connectivity index (χ1) is 16.7. The average Bonchev–Trinajstić information content (AvgIpc) is 3.36. The largest absolute Gasteiger partial charge is 0.504 e. The van der Waals surface area contributed by atoms with Gasteiger partial charge in [0.15, 0.2) is 34.5 Å². The highest BCUT2D eigenvalue weighted by atomic mass is 16.5. The normalized spacial score (nSPS) is 11.7. The Kier molecular flexibility index (Phi) is 7.72. The minimum Gasteiger partial charge on any atom is -0.504 e. The molecule has 182 valence electrons. The number of nitrogens with one attached hydrogen (secondary N) is 2. The number of carbonyl (C=O) groups is 2. The lowest BCUT2D eigenvalue weighted by molar-refractivity contribution is 0.0902. The van der Waals surface area contributed by atoms with Crippen LogP contribution in [0.15, 0.2) is 63.2 Å². The number of aromatic hydroxyl groups is 2. The first-order valence-corrected chi connectivity index (χ1v) is 10.3. The summed E-state index contributed by atoms with van der Waals surface area (Å²) in [7, 11) is 2.85. The first kappa shape index (κ1) is 24.8. The predicted molar refractivity (Wildman–Crippen MR) is 127 cm³/mol. The molecule has 0 fully saturated rings. The standard InChI is InChI=1S/C24H24N4O7/c1-13(15-5-7-17(29)21(11-15)33-3)25-27-23(31)19-9-10-20(35-19)24(32)28-26-14(2)16-6-8-18(30)22(12-16)34-4/h5-12,29-30H,1-4H3,(H,27,31)(H,28,32)/b25-13+,26-14+. The van der Waals surface area contributed by atoms with E-state index < -0.39 is 11.8 Å². The van der Waals surface area contributed by atoms with Crippen molar-refractivity contribution in [3.63, 3.8) is 0 Å². The molecule has 35 heavy (non-hydrogen) atoms. The quantitative estimate of drug-likeness (QED) is 0.285. The van der Waals surface area contributed by atoms with Crippen LogP contribution >= 0.6 is 0 Å². The Hall–Kier alpha value is -4.80. The van der Waals surface area contributed by atoms with Gasteiger partial charge in [0.1, 0.15) is 0 Å². The van der Waals surface area contributed by atoms with E-state index in [2.05, 4.69) is 21.1 Å². The number of amides is 2. The van der Waals surface area contributed by atoms with Crippen molar-refractivity contribution in [2.45, 2.75) is 13.8 Å². The number of hydrogen-bond acceptors (Lipinski definition) is 9. The van der Waals surface area contributed by atoms with Gasteiger partial charge in [0.05, 0.1) is 25.6 Å². The molecule has 11 nitrogen and oxygen atoms in total. The SMILES string of the molecule is COc1cc(/C(C)=N/NC(=O)c2ccc(C(=O)N/N=C(\C)c3ccc(O)c(OC)c3)o2)ccc1O. The van der Waals surface area contributed by atoms with E-state index in [0.717, 1.165) is 0 Å². The van der Waals surface area contributed by atoms with Gasteiger partial charge in [-0.15, -0.1) is 0 Å². The van der Waals surface area contributed by atoms with Crippen LogP contribution in [0.5, 0.6) is 23.0 Å². The van der Waals surface area contributed by atoms with E-state index in [9.17, 15) is 19.8 Å². The molecule has 0 aliphatic heterocycles. The van der Waals surface area contributed by atoms with Crippen molar-refractivity contribution in [1.29, 1.82) is 0 Å². The van der Waals surface area contributed by atoms with Crippen LogP contribution in [0.1, 0.15) is 46.1 Å². The Balaban J connectivity index is 1.63. The number of hydrogen-bond donors (Lipinski definition) is 4. The number of hydrazone groups is 2. The highest BCUT2D eigenvalue weighted by molar-refractivity contribution is 6.02. The van der Waals surface area contributed by atoms with Crippen LogP contribution in [0.25, 0.3) is 0 Å². The van der Waals surface area contributed by atoms with Gasteiger partial charge in [-0.05, 0) is 62.4 Å². The molecule has 0 bridgehead atoms. The van der Waals surface area contributed by atoms with Crippen LogP contribution < -0.4 is 20.3 Å². The van der Waals surface area contributed by atoms with Crippen molar-refractivity contribution in [3.8, 4) is 23.0 Å². The molecule has 1 aromatic heterocycles. The molecule has 2 aromatic carbocycles. The highest BCUT2D eigenvalue weighted by Crippen LogP contribution is 2.27. The smallest absolute Gasteiger partial charge is 0.307 e. The fraction of sp³-hybridized carbons (Fsp3) is 0.167. The van der Waals surface area contributed by atoms with E-state index in [-0.39, 0.29) is 34.5 Å². The molecule has 0 aliphatic carbocycles. The average molecular weight is 480 g/mol. The molecule has 0 unspecified atom stereocenters. The summed E-state index contributed by atoms with van der Waals surface area (Å²) in [6.07, 6.45) is 0. The molecule has 3 rings (SSSR count). The Morgan fingerprint density at radius 3 is 1.51 bits per heavy atom.